The van der Waals surface area contributed by atoms with Gasteiger partial charge in [-0.05, 0) is 37.3 Å². The van der Waals surface area contributed by atoms with E-state index in [4.69, 9.17) is 4.42 Å². The molecule has 2 aromatic rings. The maximum Gasteiger partial charge on any atom is 0.417 e. The van der Waals surface area contributed by atoms with Gasteiger partial charge in [-0.3, -0.25) is 28.8 Å². The van der Waals surface area contributed by atoms with Gasteiger partial charge in [0.1, 0.15) is 17.7 Å². The second-order valence-electron chi connectivity index (χ2n) is 11.2. The number of likely N-dealkylation sites (tertiary alicyclic amines) is 1. The number of ether oxygens (including phenoxy) is 1. The molecule has 17 heteroatoms. The molecule has 0 radical (unpaired) electrons. The monoisotopic (exact) mass is 667 g/mol. The van der Waals surface area contributed by atoms with Crippen molar-refractivity contribution in [3.05, 3.63) is 40.2 Å². The number of esters is 1. The van der Waals surface area contributed by atoms with E-state index in [2.05, 4.69) is 26.0 Å². The van der Waals surface area contributed by atoms with Crippen molar-refractivity contribution < 1.29 is 51.1 Å². The molecule has 14 nitrogen and oxygen atoms in total. The topological polar surface area (TPSA) is 193 Å². The number of hydrogen-bond acceptors (Lipinski definition) is 9. The first kappa shape index (κ1) is 36.5. The largest absolute Gasteiger partial charge is 0.469 e. The predicted octanol–water partition coefficient (Wildman–Crippen LogP) is 1.46. The van der Waals surface area contributed by atoms with Crippen LogP contribution >= 0.6 is 0 Å². The van der Waals surface area contributed by atoms with Crippen molar-refractivity contribution in [2.45, 2.75) is 64.2 Å². The molecule has 1 fully saturated rings. The standard InChI is InChI=1S/C30H36F3N5O9/c1-16(2)11-20(37-29(45)21-5-4-10-38(21)25(41)15-34-23(39)8-9-26(42)46-3)28(44)35-14-24(40)36-17-6-7-18-19(30(31,32)33)13-27(43)47-22(18)12-17/h6-7,12-13,16,20-21H,4-5,8-11,14-15H2,1-3H3,(H,34,39)(H,35,44)(H,36,40)(H,37,45). The minimum atomic E-state index is -4.80. The SMILES string of the molecule is COC(=O)CCC(=O)NCC(=O)N1CCCC1C(=O)NC(CC(C)C)C(=O)NCC(=O)Nc1ccc2c(C(F)(F)F)cc(=O)oc2c1. The van der Waals surface area contributed by atoms with E-state index in [0.29, 0.717) is 18.9 Å². The lowest BCUT2D eigenvalue weighted by Gasteiger charge is -2.27. The smallest absolute Gasteiger partial charge is 0.417 e. The quantitative estimate of drug-likeness (QED) is 0.181. The lowest BCUT2D eigenvalue weighted by Crippen LogP contribution is -2.55. The molecule has 2 heterocycles. The van der Waals surface area contributed by atoms with E-state index in [1.807, 2.05) is 13.8 Å². The van der Waals surface area contributed by atoms with Crippen molar-refractivity contribution in [1.29, 1.82) is 0 Å². The van der Waals surface area contributed by atoms with Crippen LogP contribution in [0.15, 0.2) is 33.5 Å². The molecule has 2 unspecified atom stereocenters. The van der Waals surface area contributed by atoms with Gasteiger partial charge in [-0.25, -0.2) is 4.79 Å². The first-order chi connectivity index (χ1) is 22.1. The number of halogens is 3. The van der Waals surface area contributed by atoms with E-state index < -0.39 is 77.1 Å². The molecule has 0 bridgehead atoms. The maximum absolute atomic E-state index is 13.3. The zero-order chi connectivity index (χ0) is 34.9. The van der Waals surface area contributed by atoms with Gasteiger partial charge in [-0.15, -0.1) is 0 Å². The number of carbonyl (C=O) groups excluding carboxylic acids is 6. The fraction of sp³-hybridized carbons (Fsp3) is 0.500. The maximum atomic E-state index is 13.3. The molecular weight excluding hydrogens is 631 g/mol. The van der Waals surface area contributed by atoms with Crippen LogP contribution in [0, 0.1) is 5.92 Å². The minimum Gasteiger partial charge on any atom is -0.469 e. The van der Waals surface area contributed by atoms with Crippen LogP contribution in [0.2, 0.25) is 0 Å². The first-order valence-corrected chi connectivity index (χ1v) is 14.7. The van der Waals surface area contributed by atoms with Crippen molar-refractivity contribution in [3.8, 4) is 0 Å². The highest BCUT2D eigenvalue weighted by Gasteiger charge is 2.36. The third-order valence-electron chi connectivity index (χ3n) is 7.19. The average molecular weight is 668 g/mol. The summed E-state index contributed by atoms with van der Waals surface area (Å²) in [5, 5.41) is 9.51. The number of fused-ring (bicyclic) bond motifs is 1. The van der Waals surface area contributed by atoms with Gasteiger partial charge in [0.2, 0.25) is 29.5 Å². The van der Waals surface area contributed by atoms with E-state index in [9.17, 15) is 46.7 Å². The highest BCUT2D eigenvalue weighted by Crippen LogP contribution is 2.34. The molecule has 3 rings (SSSR count). The summed E-state index contributed by atoms with van der Waals surface area (Å²) in [6, 6.07) is 1.64. The van der Waals surface area contributed by atoms with Crippen LogP contribution in [0.25, 0.3) is 11.0 Å². The molecule has 5 amide bonds. The van der Waals surface area contributed by atoms with Crippen LogP contribution < -0.4 is 26.9 Å². The normalized spacial score (nSPS) is 15.2. The van der Waals surface area contributed by atoms with Crippen LogP contribution in [0.5, 0.6) is 0 Å². The fourth-order valence-electron chi connectivity index (χ4n) is 4.96. The molecule has 256 valence electrons. The average Bonchev–Trinajstić information content (AvgIpc) is 3.50. The molecule has 0 saturated carbocycles. The molecule has 1 aromatic heterocycles. The predicted molar refractivity (Wildman–Crippen MR) is 160 cm³/mol. The van der Waals surface area contributed by atoms with Gasteiger partial charge in [0.15, 0.2) is 0 Å². The summed E-state index contributed by atoms with van der Waals surface area (Å²) in [5.41, 5.74) is -2.79. The number of benzene rings is 1. The summed E-state index contributed by atoms with van der Waals surface area (Å²) in [4.78, 5) is 87.7. The van der Waals surface area contributed by atoms with E-state index in [-0.39, 0.29) is 49.3 Å². The van der Waals surface area contributed by atoms with Gasteiger partial charge in [-0.2, -0.15) is 13.2 Å². The molecule has 1 aromatic carbocycles. The van der Waals surface area contributed by atoms with Gasteiger partial charge >= 0.3 is 17.8 Å². The summed E-state index contributed by atoms with van der Waals surface area (Å²) < 4.78 is 49.2. The highest BCUT2D eigenvalue weighted by molar-refractivity contribution is 5.98. The molecule has 0 spiro atoms. The molecule has 4 N–H and O–H groups in total. The first-order valence-electron chi connectivity index (χ1n) is 14.7. The van der Waals surface area contributed by atoms with Gasteiger partial charge in [0.05, 0.1) is 32.2 Å². The van der Waals surface area contributed by atoms with Gasteiger partial charge in [0, 0.05) is 36.2 Å². The Morgan fingerprint density at radius 2 is 1.74 bits per heavy atom. The molecular formula is C30H36F3N5O9. The summed E-state index contributed by atoms with van der Waals surface area (Å²) in [6.45, 7) is 2.94. The Morgan fingerprint density at radius 3 is 2.40 bits per heavy atom. The van der Waals surface area contributed by atoms with Crippen LogP contribution in [-0.4, -0.2) is 79.2 Å². The number of nitrogens with one attached hydrogen (secondary N) is 4. The minimum absolute atomic E-state index is 0.0110. The van der Waals surface area contributed by atoms with Crippen LogP contribution in [0.1, 0.15) is 51.5 Å². The van der Waals surface area contributed by atoms with Gasteiger partial charge in [-0.1, -0.05) is 13.8 Å². The Balaban J connectivity index is 1.58. The number of carbonyl (C=O) groups is 6. The lowest BCUT2D eigenvalue weighted by atomic mass is 10.0. The third kappa shape index (κ3) is 10.5. The van der Waals surface area contributed by atoms with E-state index in [1.54, 1.807) is 0 Å². The number of methoxy groups -OCH3 is 1. The van der Waals surface area contributed by atoms with Crippen molar-refractivity contribution >= 4 is 52.2 Å². The molecule has 2 atom stereocenters. The Labute approximate surface area is 266 Å². The summed E-state index contributed by atoms with van der Waals surface area (Å²) >= 11 is 0. The second-order valence-corrected chi connectivity index (χ2v) is 11.2. The Kier molecular flexibility index (Phi) is 12.5. The highest BCUT2D eigenvalue weighted by atomic mass is 19.4. The molecule has 0 aliphatic carbocycles. The second kappa shape index (κ2) is 16.0. The van der Waals surface area contributed by atoms with E-state index in [0.717, 1.165) is 12.1 Å². The Morgan fingerprint density at radius 1 is 1.02 bits per heavy atom. The number of anilines is 1. The summed E-state index contributed by atoms with van der Waals surface area (Å²) in [7, 11) is 1.19. The number of hydrogen-bond donors (Lipinski definition) is 4. The van der Waals surface area contributed by atoms with Crippen molar-refractivity contribution in [3.63, 3.8) is 0 Å². The van der Waals surface area contributed by atoms with Crippen molar-refractivity contribution in [2.75, 3.05) is 32.1 Å². The Bertz CT molecular complexity index is 1570. The van der Waals surface area contributed by atoms with Crippen LogP contribution in [0.3, 0.4) is 0 Å². The van der Waals surface area contributed by atoms with Crippen molar-refractivity contribution in [2.24, 2.45) is 5.92 Å². The zero-order valence-corrected chi connectivity index (χ0v) is 26.0. The van der Waals surface area contributed by atoms with Gasteiger partial charge < -0.3 is 35.3 Å². The fourth-order valence-corrected chi connectivity index (χ4v) is 4.96. The lowest BCUT2D eigenvalue weighted by molar-refractivity contribution is -0.142. The van der Waals surface area contributed by atoms with Crippen LogP contribution in [-0.2, 0) is 39.7 Å². The van der Waals surface area contributed by atoms with E-state index >= 15 is 0 Å². The number of alkyl halides is 3. The third-order valence-corrected chi connectivity index (χ3v) is 7.19. The van der Waals surface area contributed by atoms with Crippen molar-refractivity contribution in [1.82, 2.24) is 20.9 Å². The zero-order valence-electron chi connectivity index (χ0n) is 26.0. The Hall–Kier alpha value is -4.96. The number of rotatable bonds is 13. The van der Waals surface area contributed by atoms with Gasteiger partial charge in [0.25, 0.3) is 0 Å². The molecule has 1 aliphatic rings. The molecule has 1 saturated heterocycles. The van der Waals surface area contributed by atoms with E-state index in [1.165, 1.54) is 18.1 Å². The van der Waals surface area contributed by atoms with Crippen LogP contribution in [0.4, 0.5) is 18.9 Å². The number of amides is 5. The summed E-state index contributed by atoms with van der Waals surface area (Å²) in [6.07, 6.45) is -4.10. The summed E-state index contributed by atoms with van der Waals surface area (Å²) in [5.74, 6) is -3.71. The molecule has 1 aliphatic heterocycles. The number of nitrogens with zero attached hydrogens (tertiary/aromatic N) is 1. The molecule has 47 heavy (non-hydrogen) atoms.